The first-order chi connectivity index (χ1) is 12.1. The lowest BCUT2D eigenvalue weighted by molar-refractivity contribution is 0.102. The Hall–Kier alpha value is -3.02. The van der Waals surface area contributed by atoms with Gasteiger partial charge in [0.1, 0.15) is 0 Å². The van der Waals surface area contributed by atoms with Crippen LogP contribution in [-0.2, 0) is 7.05 Å². The lowest BCUT2D eigenvalue weighted by Gasteiger charge is -2.17. The van der Waals surface area contributed by atoms with Crippen LogP contribution < -0.4 is 16.0 Å². The zero-order chi connectivity index (χ0) is 17.4. The molecule has 3 aromatic rings. The number of fused-ring (bicyclic) bond motifs is 1. The van der Waals surface area contributed by atoms with Crippen LogP contribution in [0.1, 0.15) is 23.2 Å². The average Bonchev–Trinajstić information content (AvgIpc) is 3.24. The molecule has 1 aromatic heterocycles. The van der Waals surface area contributed by atoms with Gasteiger partial charge in [0, 0.05) is 43.1 Å². The number of carbonyl (C=O) groups is 1. The molecule has 1 aliphatic rings. The number of aromatic nitrogens is 1. The quantitative estimate of drug-likeness (QED) is 0.798. The minimum atomic E-state index is -0.420. The maximum Gasteiger partial charge on any atom is 0.419 e. The molecule has 1 aliphatic heterocycles. The highest BCUT2D eigenvalue weighted by Crippen LogP contribution is 2.22. The summed E-state index contributed by atoms with van der Waals surface area (Å²) in [4.78, 5) is 26.3. The van der Waals surface area contributed by atoms with Crippen molar-refractivity contribution in [3.8, 4) is 0 Å². The Bertz CT molecular complexity index is 979. The molecule has 0 unspecified atom stereocenters. The molecule has 0 bridgehead atoms. The summed E-state index contributed by atoms with van der Waals surface area (Å²) in [6.07, 6.45) is 2.45. The molecule has 2 aromatic carbocycles. The van der Waals surface area contributed by atoms with Crippen molar-refractivity contribution in [1.82, 2.24) is 4.57 Å². The van der Waals surface area contributed by atoms with E-state index in [1.165, 1.54) is 17.4 Å². The van der Waals surface area contributed by atoms with Crippen LogP contribution in [0.25, 0.3) is 11.1 Å². The van der Waals surface area contributed by atoms with Gasteiger partial charge in [-0.25, -0.2) is 4.79 Å². The van der Waals surface area contributed by atoms with Crippen molar-refractivity contribution in [2.45, 2.75) is 12.8 Å². The van der Waals surface area contributed by atoms with Crippen molar-refractivity contribution in [3.63, 3.8) is 0 Å². The van der Waals surface area contributed by atoms with Gasteiger partial charge in [-0.15, -0.1) is 0 Å². The number of carbonyl (C=O) groups excluding carboxylic acids is 1. The van der Waals surface area contributed by atoms with Crippen LogP contribution in [0.15, 0.2) is 51.7 Å². The number of amides is 1. The number of oxazole rings is 1. The minimum Gasteiger partial charge on any atom is -0.408 e. The van der Waals surface area contributed by atoms with Gasteiger partial charge in [-0.1, -0.05) is 0 Å². The molecule has 128 valence electrons. The fourth-order valence-corrected chi connectivity index (χ4v) is 3.21. The zero-order valence-electron chi connectivity index (χ0n) is 14.0. The second-order valence-corrected chi connectivity index (χ2v) is 6.30. The Morgan fingerprint density at radius 2 is 1.80 bits per heavy atom. The van der Waals surface area contributed by atoms with Gasteiger partial charge in [-0.2, -0.15) is 0 Å². The third-order valence-corrected chi connectivity index (χ3v) is 4.65. The van der Waals surface area contributed by atoms with Gasteiger partial charge in [0.25, 0.3) is 5.91 Å². The number of hydrogen-bond donors (Lipinski definition) is 1. The molecule has 0 radical (unpaired) electrons. The van der Waals surface area contributed by atoms with Crippen LogP contribution in [-0.4, -0.2) is 23.6 Å². The van der Waals surface area contributed by atoms with E-state index in [1.54, 1.807) is 25.2 Å². The van der Waals surface area contributed by atoms with E-state index >= 15 is 0 Å². The largest absolute Gasteiger partial charge is 0.419 e. The third-order valence-electron chi connectivity index (χ3n) is 4.65. The lowest BCUT2D eigenvalue weighted by atomic mass is 10.1. The number of aryl methyl sites for hydroxylation is 1. The third kappa shape index (κ3) is 2.91. The van der Waals surface area contributed by atoms with Crippen molar-refractivity contribution in [2.24, 2.45) is 7.05 Å². The molecule has 2 heterocycles. The Kier molecular flexibility index (Phi) is 3.80. The molecule has 1 fully saturated rings. The summed E-state index contributed by atoms with van der Waals surface area (Å²) in [6, 6.07) is 12.8. The van der Waals surface area contributed by atoms with Crippen molar-refractivity contribution in [2.75, 3.05) is 23.3 Å². The van der Waals surface area contributed by atoms with Gasteiger partial charge in [0.05, 0.1) is 5.52 Å². The van der Waals surface area contributed by atoms with Crippen molar-refractivity contribution >= 4 is 28.4 Å². The number of rotatable bonds is 3. The van der Waals surface area contributed by atoms with Gasteiger partial charge >= 0.3 is 5.76 Å². The Morgan fingerprint density at radius 1 is 1.08 bits per heavy atom. The van der Waals surface area contributed by atoms with Crippen LogP contribution >= 0.6 is 0 Å². The minimum absolute atomic E-state index is 0.189. The fourth-order valence-electron chi connectivity index (χ4n) is 3.21. The van der Waals surface area contributed by atoms with E-state index < -0.39 is 5.76 Å². The van der Waals surface area contributed by atoms with E-state index in [4.69, 9.17) is 4.42 Å². The summed E-state index contributed by atoms with van der Waals surface area (Å²) in [5.74, 6) is -0.610. The second kappa shape index (κ2) is 6.12. The van der Waals surface area contributed by atoms with E-state index in [1.807, 2.05) is 24.3 Å². The Balaban J connectivity index is 1.52. The lowest BCUT2D eigenvalue weighted by Crippen LogP contribution is -2.18. The smallest absolute Gasteiger partial charge is 0.408 e. The van der Waals surface area contributed by atoms with E-state index in [2.05, 4.69) is 10.2 Å². The van der Waals surface area contributed by atoms with Crippen LogP contribution in [0.2, 0.25) is 0 Å². The van der Waals surface area contributed by atoms with Gasteiger partial charge in [-0.3, -0.25) is 9.36 Å². The highest BCUT2D eigenvalue weighted by Gasteiger charge is 2.14. The van der Waals surface area contributed by atoms with E-state index in [9.17, 15) is 9.59 Å². The Labute approximate surface area is 144 Å². The summed E-state index contributed by atoms with van der Waals surface area (Å²) in [7, 11) is 1.65. The molecule has 0 spiro atoms. The molecular weight excluding hydrogens is 318 g/mol. The molecular formula is C19H19N3O3. The second-order valence-electron chi connectivity index (χ2n) is 6.30. The van der Waals surface area contributed by atoms with Crippen molar-refractivity contribution < 1.29 is 9.21 Å². The summed E-state index contributed by atoms with van der Waals surface area (Å²) in [5, 5.41) is 2.84. The molecule has 1 saturated heterocycles. The predicted molar refractivity (Wildman–Crippen MR) is 97.3 cm³/mol. The first-order valence-corrected chi connectivity index (χ1v) is 8.38. The van der Waals surface area contributed by atoms with Crippen LogP contribution in [0.3, 0.4) is 0 Å². The molecule has 6 heteroatoms. The molecule has 6 nitrogen and oxygen atoms in total. The monoisotopic (exact) mass is 337 g/mol. The summed E-state index contributed by atoms with van der Waals surface area (Å²) < 4.78 is 6.58. The van der Waals surface area contributed by atoms with E-state index in [0.717, 1.165) is 18.8 Å². The highest BCUT2D eigenvalue weighted by atomic mass is 16.4. The Morgan fingerprint density at radius 3 is 2.52 bits per heavy atom. The van der Waals surface area contributed by atoms with Gasteiger partial charge in [0.2, 0.25) is 0 Å². The molecule has 1 N–H and O–H groups in total. The molecule has 0 aliphatic carbocycles. The van der Waals surface area contributed by atoms with Gasteiger partial charge in [0.15, 0.2) is 5.58 Å². The first-order valence-electron chi connectivity index (χ1n) is 8.38. The normalized spacial score (nSPS) is 14.2. The van der Waals surface area contributed by atoms with Crippen LogP contribution in [0, 0.1) is 0 Å². The SMILES string of the molecule is Cn1c(=O)oc2cc(NC(=O)c3ccc(N4CCCC4)cc3)ccc21. The maximum absolute atomic E-state index is 12.4. The standard InChI is InChI=1S/C19H19N3O3/c1-21-16-9-6-14(12-17(16)25-19(21)24)20-18(23)13-4-7-15(8-5-13)22-10-2-3-11-22/h4-9,12H,2-3,10-11H2,1H3,(H,20,23). The molecule has 0 atom stereocenters. The first kappa shape index (κ1) is 15.5. The number of nitrogens with zero attached hydrogens (tertiary/aromatic N) is 2. The zero-order valence-corrected chi connectivity index (χ0v) is 14.0. The van der Waals surface area contributed by atoms with Crippen molar-refractivity contribution in [1.29, 1.82) is 0 Å². The van der Waals surface area contributed by atoms with Crippen LogP contribution in [0.4, 0.5) is 11.4 Å². The fraction of sp³-hybridized carbons (Fsp3) is 0.263. The molecule has 1 amide bonds. The topological polar surface area (TPSA) is 67.5 Å². The highest BCUT2D eigenvalue weighted by molar-refractivity contribution is 6.05. The van der Waals surface area contributed by atoms with E-state index in [-0.39, 0.29) is 5.91 Å². The average molecular weight is 337 g/mol. The summed E-state index contributed by atoms with van der Waals surface area (Å²) in [6.45, 7) is 2.15. The molecule has 0 saturated carbocycles. The summed E-state index contributed by atoms with van der Waals surface area (Å²) >= 11 is 0. The molecule has 25 heavy (non-hydrogen) atoms. The molecule has 4 rings (SSSR count). The van der Waals surface area contributed by atoms with Gasteiger partial charge < -0.3 is 14.6 Å². The number of anilines is 2. The van der Waals surface area contributed by atoms with Crippen molar-refractivity contribution in [3.05, 3.63) is 58.6 Å². The maximum atomic E-state index is 12.4. The van der Waals surface area contributed by atoms with E-state index in [0.29, 0.717) is 22.4 Å². The van der Waals surface area contributed by atoms with Crippen LogP contribution in [0.5, 0.6) is 0 Å². The number of nitrogens with one attached hydrogen (secondary N) is 1. The number of hydrogen-bond acceptors (Lipinski definition) is 4. The summed E-state index contributed by atoms with van der Waals surface area (Å²) in [5.41, 5.74) is 3.49. The number of benzene rings is 2. The predicted octanol–water partition coefficient (Wildman–Crippen LogP) is 2.98. The van der Waals surface area contributed by atoms with Gasteiger partial charge in [-0.05, 0) is 49.2 Å².